The number of pyridine rings is 2. The molecular formula is C20H21N5S. The lowest BCUT2D eigenvalue weighted by atomic mass is 10.0. The number of thiocarbonyl (C=S) groups is 1. The molecule has 4 heterocycles. The zero-order valence-electron chi connectivity index (χ0n) is 14.6. The third kappa shape index (κ3) is 3.08. The normalized spacial score (nSPS) is 19.6. The summed E-state index contributed by atoms with van der Waals surface area (Å²) in [5, 5.41) is 4.22. The summed E-state index contributed by atoms with van der Waals surface area (Å²) in [7, 11) is 0. The van der Waals surface area contributed by atoms with Gasteiger partial charge in [-0.25, -0.2) is 0 Å². The maximum Gasteiger partial charge on any atom is 0.170 e. The Balaban J connectivity index is 1.75. The van der Waals surface area contributed by atoms with E-state index >= 15 is 0 Å². The molecule has 3 aromatic rings. The first kappa shape index (κ1) is 16.7. The van der Waals surface area contributed by atoms with Crippen LogP contribution in [-0.2, 0) is 13.1 Å². The summed E-state index contributed by atoms with van der Waals surface area (Å²) in [6.45, 7) is 3.73. The average molecular weight is 363 g/mol. The van der Waals surface area contributed by atoms with Gasteiger partial charge in [0.05, 0.1) is 30.0 Å². The van der Waals surface area contributed by atoms with Crippen molar-refractivity contribution in [1.29, 1.82) is 0 Å². The number of nitrogens with one attached hydrogen (secondary N) is 1. The largest absolute Gasteiger partial charge is 0.352 e. The van der Waals surface area contributed by atoms with Gasteiger partial charge in [-0.15, -0.1) is 0 Å². The highest BCUT2D eigenvalue weighted by Crippen LogP contribution is 2.39. The van der Waals surface area contributed by atoms with Crippen LogP contribution in [0.5, 0.6) is 0 Å². The molecule has 0 aromatic carbocycles. The summed E-state index contributed by atoms with van der Waals surface area (Å²) in [4.78, 5) is 11.3. The Bertz CT molecular complexity index is 877. The van der Waals surface area contributed by atoms with E-state index in [9.17, 15) is 0 Å². The predicted molar refractivity (Wildman–Crippen MR) is 105 cm³/mol. The summed E-state index contributed by atoms with van der Waals surface area (Å²) >= 11 is 5.70. The number of aryl methyl sites for hydroxylation is 1. The molecule has 1 aliphatic rings. The predicted octanol–water partition coefficient (Wildman–Crippen LogP) is 3.47. The SMILES string of the molecule is CCn1cccc1[C@@H]1[C@H](c2ccccn2)NC(=S)N1Cc1ccccn1. The molecule has 1 aliphatic heterocycles. The molecule has 1 N–H and O–H groups in total. The van der Waals surface area contributed by atoms with Crippen LogP contribution < -0.4 is 5.32 Å². The third-order valence-corrected chi connectivity index (χ3v) is 5.12. The number of hydrogen-bond acceptors (Lipinski definition) is 3. The molecule has 0 spiro atoms. The lowest BCUT2D eigenvalue weighted by molar-refractivity contribution is 0.295. The van der Waals surface area contributed by atoms with Gasteiger partial charge in [0, 0.05) is 30.8 Å². The first-order valence-electron chi connectivity index (χ1n) is 8.81. The summed E-state index contributed by atoms with van der Waals surface area (Å²) in [5.74, 6) is 0. The van der Waals surface area contributed by atoms with Crippen molar-refractivity contribution in [3.63, 3.8) is 0 Å². The molecule has 6 heteroatoms. The van der Waals surface area contributed by atoms with Gasteiger partial charge in [0.25, 0.3) is 0 Å². The van der Waals surface area contributed by atoms with Gasteiger partial charge in [-0.3, -0.25) is 9.97 Å². The Morgan fingerprint density at radius 2 is 1.85 bits per heavy atom. The highest BCUT2D eigenvalue weighted by Gasteiger charge is 2.41. The molecule has 3 aromatic heterocycles. The molecule has 0 bridgehead atoms. The van der Waals surface area contributed by atoms with Gasteiger partial charge < -0.3 is 14.8 Å². The lowest BCUT2D eigenvalue weighted by Gasteiger charge is -2.28. The van der Waals surface area contributed by atoms with Crippen LogP contribution in [0.2, 0.25) is 0 Å². The molecule has 2 atom stereocenters. The maximum absolute atomic E-state index is 5.70. The topological polar surface area (TPSA) is 46.0 Å². The first-order valence-corrected chi connectivity index (χ1v) is 9.21. The Morgan fingerprint density at radius 3 is 2.54 bits per heavy atom. The van der Waals surface area contributed by atoms with Crippen molar-refractivity contribution in [3.05, 3.63) is 84.2 Å². The van der Waals surface area contributed by atoms with Gasteiger partial charge in [-0.2, -0.15) is 0 Å². The highest BCUT2D eigenvalue weighted by atomic mass is 32.1. The molecular weight excluding hydrogens is 342 g/mol. The standard InChI is InChI=1S/C20H21N5S/c1-2-24-13-7-10-17(24)19-18(16-9-4-6-12-22-16)23-20(26)25(19)14-15-8-3-5-11-21-15/h3-13,18-19H,2,14H2,1H3,(H,23,26)/t18-,19+/m0/s1. The summed E-state index contributed by atoms with van der Waals surface area (Å²) in [5.41, 5.74) is 3.22. The van der Waals surface area contributed by atoms with Crippen molar-refractivity contribution in [2.75, 3.05) is 0 Å². The fourth-order valence-electron chi connectivity index (χ4n) is 3.55. The Hall–Kier alpha value is -2.73. The van der Waals surface area contributed by atoms with Crippen LogP contribution in [0.1, 0.15) is 36.1 Å². The smallest absolute Gasteiger partial charge is 0.170 e. The van der Waals surface area contributed by atoms with Gasteiger partial charge in [0.2, 0.25) is 0 Å². The van der Waals surface area contributed by atoms with Crippen LogP contribution in [0.3, 0.4) is 0 Å². The molecule has 0 amide bonds. The molecule has 0 aliphatic carbocycles. The minimum atomic E-state index is 0.00705. The molecule has 1 saturated heterocycles. The second-order valence-electron chi connectivity index (χ2n) is 6.29. The van der Waals surface area contributed by atoms with Crippen molar-refractivity contribution in [2.45, 2.75) is 32.1 Å². The number of hydrogen-bond donors (Lipinski definition) is 1. The number of rotatable bonds is 5. The van der Waals surface area contributed by atoms with Crippen LogP contribution in [0.15, 0.2) is 67.1 Å². The van der Waals surface area contributed by atoms with E-state index in [-0.39, 0.29) is 12.1 Å². The van der Waals surface area contributed by atoms with E-state index in [4.69, 9.17) is 12.2 Å². The van der Waals surface area contributed by atoms with Crippen molar-refractivity contribution in [1.82, 2.24) is 24.8 Å². The highest BCUT2D eigenvalue weighted by molar-refractivity contribution is 7.80. The van der Waals surface area contributed by atoms with Crippen molar-refractivity contribution >= 4 is 17.3 Å². The van der Waals surface area contributed by atoms with Gasteiger partial charge in [-0.1, -0.05) is 12.1 Å². The van der Waals surface area contributed by atoms with E-state index in [1.165, 1.54) is 5.69 Å². The van der Waals surface area contributed by atoms with Crippen LogP contribution in [0, 0.1) is 0 Å². The number of aromatic nitrogens is 3. The Morgan fingerprint density at radius 1 is 1.04 bits per heavy atom. The van der Waals surface area contributed by atoms with E-state index in [0.717, 1.165) is 23.0 Å². The monoisotopic (exact) mass is 363 g/mol. The van der Waals surface area contributed by atoms with Crippen LogP contribution >= 0.6 is 12.2 Å². The second kappa shape index (κ2) is 7.25. The Labute approximate surface area is 158 Å². The molecule has 0 unspecified atom stereocenters. The van der Waals surface area contributed by atoms with Gasteiger partial charge in [0.15, 0.2) is 5.11 Å². The van der Waals surface area contributed by atoms with Crippen LogP contribution in [0.4, 0.5) is 0 Å². The van der Waals surface area contributed by atoms with Gasteiger partial charge in [0.1, 0.15) is 0 Å². The van der Waals surface area contributed by atoms with E-state index in [1.807, 2.05) is 42.7 Å². The summed E-state index contributed by atoms with van der Waals surface area (Å²) < 4.78 is 2.27. The van der Waals surface area contributed by atoms with E-state index < -0.39 is 0 Å². The van der Waals surface area contributed by atoms with Crippen molar-refractivity contribution in [3.8, 4) is 0 Å². The maximum atomic E-state index is 5.70. The third-order valence-electron chi connectivity index (χ3n) is 4.76. The average Bonchev–Trinajstić information content (AvgIpc) is 3.28. The first-order chi connectivity index (χ1) is 12.8. The quantitative estimate of drug-likeness (QED) is 0.703. The van der Waals surface area contributed by atoms with Crippen molar-refractivity contribution in [2.24, 2.45) is 0 Å². The fraction of sp³-hybridized carbons (Fsp3) is 0.250. The van der Waals surface area contributed by atoms with E-state index in [0.29, 0.717) is 6.54 Å². The molecule has 4 rings (SSSR count). The van der Waals surface area contributed by atoms with E-state index in [1.54, 1.807) is 0 Å². The summed E-state index contributed by atoms with van der Waals surface area (Å²) in [6, 6.07) is 16.3. The molecule has 5 nitrogen and oxygen atoms in total. The fourth-order valence-corrected chi connectivity index (χ4v) is 3.85. The molecule has 0 saturated carbocycles. The van der Waals surface area contributed by atoms with Gasteiger partial charge in [-0.05, 0) is 55.5 Å². The lowest BCUT2D eigenvalue weighted by Crippen LogP contribution is -2.30. The molecule has 0 radical (unpaired) electrons. The van der Waals surface area contributed by atoms with Crippen LogP contribution in [-0.4, -0.2) is 24.5 Å². The summed E-state index contributed by atoms with van der Waals surface area (Å²) in [6.07, 6.45) is 5.77. The zero-order valence-corrected chi connectivity index (χ0v) is 15.4. The minimum absolute atomic E-state index is 0.00705. The minimum Gasteiger partial charge on any atom is -0.352 e. The zero-order chi connectivity index (χ0) is 17.9. The van der Waals surface area contributed by atoms with Crippen molar-refractivity contribution < 1.29 is 0 Å². The second-order valence-corrected chi connectivity index (χ2v) is 6.68. The van der Waals surface area contributed by atoms with Crippen LogP contribution in [0.25, 0.3) is 0 Å². The number of nitrogens with zero attached hydrogens (tertiary/aromatic N) is 4. The van der Waals surface area contributed by atoms with E-state index in [2.05, 4.69) is 56.1 Å². The molecule has 132 valence electrons. The Kier molecular flexibility index (Phi) is 4.67. The molecule has 1 fully saturated rings. The molecule has 26 heavy (non-hydrogen) atoms. The van der Waals surface area contributed by atoms with Gasteiger partial charge >= 0.3 is 0 Å².